The van der Waals surface area contributed by atoms with Crippen LogP contribution < -0.4 is 0 Å². The summed E-state index contributed by atoms with van der Waals surface area (Å²) in [6.45, 7) is 12.8. The van der Waals surface area contributed by atoms with E-state index >= 15 is 0 Å². The maximum atomic E-state index is 14.0. The Hall–Kier alpha value is -1.49. The third kappa shape index (κ3) is 6.36. The molecule has 12 bridgehead atoms. The molecule has 0 aromatic heterocycles. The standard InChI is InChI=1S/C41H58O13/c1-18-11-22-5-7-26-19(2)12-24(45-26)9-10-41-16-31-37(53-41)38-39(50-31)40(54-41)36-27(49-38)8-6-23(47-36)13-33(44)52-35-21(4)34-29(14-25(43)32(17-42)51-34)48-30(35)15-28(46-22)20(18)3/h18,21-32,34-40,42-43H,2-3,5-17H2,1,4H3/t18-,21+,22+,23-,24+,25-,26+,27+,28-,29+,30+,31-,32-,34+,35-,36+,37+,38+,39-,40+,41+/m1/s1. The van der Waals surface area contributed by atoms with E-state index in [2.05, 4.69) is 20.1 Å². The van der Waals surface area contributed by atoms with Gasteiger partial charge in [0.15, 0.2) is 5.79 Å². The third-order valence-corrected chi connectivity index (χ3v) is 14.6. The lowest BCUT2D eigenvalue weighted by Gasteiger charge is -2.51. The molecule has 0 radical (unpaired) electrons. The summed E-state index contributed by atoms with van der Waals surface area (Å²) < 4.78 is 66.5. The van der Waals surface area contributed by atoms with Crippen LogP contribution in [-0.4, -0.2) is 138 Å². The molecular weight excluding hydrogens is 700 g/mol. The van der Waals surface area contributed by atoms with Gasteiger partial charge in [-0.3, -0.25) is 4.79 Å². The Morgan fingerprint density at radius 3 is 2.26 bits per heavy atom. The van der Waals surface area contributed by atoms with Gasteiger partial charge in [0.1, 0.15) is 42.7 Å². The van der Waals surface area contributed by atoms with Gasteiger partial charge < -0.3 is 57.6 Å². The summed E-state index contributed by atoms with van der Waals surface area (Å²) in [6.07, 6.45) is 1.52. The van der Waals surface area contributed by atoms with Gasteiger partial charge in [0, 0.05) is 31.6 Å². The molecule has 2 N–H and O–H groups in total. The van der Waals surface area contributed by atoms with Crippen molar-refractivity contribution in [3.05, 3.63) is 24.3 Å². The zero-order valence-electron chi connectivity index (χ0n) is 31.5. The SMILES string of the molecule is C=C1C[C@@H]2CC[C@@]34C[C@H]5O[C@H]6[C@@H](O3)[C@H]3O[C@H](CC[C@@H]3O[C@H]6[C@H]5O4)CC(=O)O[C@@H]3[C@@H](C)[C@@H]4O[C@H](CO)[C@H](O)C[C@@H]4O[C@H]3C[C@H]3O[C@@H](CC[C@@H]1O2)C[C@@H](C)C3=C. The molecule has 11 rings (SSSR count). The smallest absolute Gasteiger partial charge is 0.308 e. The van der Waals surface area contributed by atoms with Crippen molar-refractivity contribution in [1.82, 2.24) is 0 Å². The molecule has 0 aromatic rings. The van der Waals surface area contributed by atoms with E-state index in [1.54, 1.807) is 0 Å². The van der Waals surface area contributed by atoms with E-state index in [-0.39, 0.29) is 91.9 Å². The molecule has 11 aliphatic rings. The first-order valence-corrected chi connectivity index (χ1v) is 20.8. The number of aliphatic hydroxyl groups is 2. The highest BCUT2D eigenvalue weighted by Gasteiger charge is 2.69. The molecule has 300 valence electrons. The van der Waals surface area contributed by atoms with E-state index < -0.39 is 54.6 Å². The summed E-state index contributed by atoms with van der Waals surface area (Å²) in [5.74, 6) is -1.22. The Bertz CT molecular complexity index is 1470. The second-order valence-corrected chi connectivity index (χ2v) is 18.1. The number of hydrogen-bond acceptors (Lipinski definition) is 13. The minimum atomic E-state index is -0.863. The van der Waals surface area contributed by atoms with Gasteiger partial charge in [-0.15, -0.1) is 0 Å². The number of ether oxygens (including phenoxy) is 10. The number of carbonyl (C=O) groups is 1. The molecule has 21 atom stereocenters. The van der Waals surface area contributed by atoms with Crippen LogP contribution in [0.2, 0.25) is 0 Å². The lowest BCUT2D eigenvalue weighted by Crippen LogP contribution is -2.62. The van der Waals surface area contributed by atoms with E-state index in [0.717, 1.165) is 49.7 Å². The molecule has 0 saturated carbocycles. The highest BCUT2D eigenvalue weighted by atomic mass is 16.8. The van der Waals surface area contributed by atoms with E-state index in [0.29, 0.717) is 32.1 Å². The van der Waals surface area contributed by atoms with E-state index in [4.69, 9.17) is 47.4 Å². The van der Waals surface area contributed by atoms with Gasteiger partial charge in [-0.05, 0) is 62.0 Å². The number of carbonyl (C=O) groups excluding carboxylic acids is 1. The summed E-state index contributed by atoms with van der Waals surface area (Å²) >= 11 is 0. The Balaban J connectivity index is 0.938. The molecule has 0 amide bonds. The van der Waals surface area contributed by atoms with Crippen molar-refractivity contribution < 1.29 is 62.4 Å². The molecule has 54 heavy (non-hydrogen) atoms. The highest BCUT2D eigenvalue weighted by Crippen LogP contribution is 2.54. The van der Waals surface area contributed by atoms with Crippen molar-refractivity contribution in [3.8, 4) is 0 Å². The summed E-state index contributed by atoms with van der Waals surface area (Å²) in [5, 5.41) is 20.7. The fourth-order valence-electron chi connectivity index (χ4n) is 11.7. The average molecular weight is 759 g/mol. The van der Waals surface area contributed by atoms with Crippen LogP contribution in [-0.2, 0) is 52.2 Å². The fourth-order valence-corrected chi connectivity index (χ4v) is 11.7. The van der Waals surface area contributed by atoms with Crippen LogP contribution in [0.5, 0.6) is 0 Å². The van der Waals surface area contributed by atoms with Gasteiger partial charge in [-0.2, -0.15) is 0 Å². The third-order valence-electron chi connectivity index (χ3n) is 14.6. The molecule has 11 heterocycles. The molecule has 0 aliphatic carbocycles. The number of aliphatic hydroxyl groups excluding tert-OH is 2. The molecule has 0 aromatic carbocycles. The summed E-state index contributed by atoms with van der Waals surface area (Å²) in [4.78, 5) is 14.0. The summed E-state index contributed by atoms with van der Waals surface area (Å²) in [6, 6.07) is 0. The van der Waals surface area contributed by atoms with Crippen LogP contribution in [0.3, 0.4) is 0 Å². The van der Waals surface area contributed by atoms with Crippen molar-refractivity contribution in [2.24, 2.45) is 11.8 Å². The first-order chi connectivity index (χ1) is 26.0. The van der Waals surface area contributed by atoms with Crippen molar-refractivity contribution >= 4 is 5.97 Å². The van der Waals surface area contributed by atoms with Crippen molar-refractivity contribution in [2.75, 3.05) is 6.61 Å². The quantitative estimate of drug-likeness (QED) is 0.298. The van der Waals surface area contributed by atoms with Crippen molar-refractivity contribution in [1.29, 1.82) is 0 Å². The van der Waals surface area contributed by atoms with Crippen LogP contribution >= 0.6 is 0 Å². The predicted molar refractivity (Wildman–Crippen MR) is 188 cm³/mol. The highest BCUT2D eigenvalue weighted by molar-refractivity contribution is 5.70. The largest absolute Gasteiger partial charge is 0.459 e. The molecule has 13 nitrogen and oxygen atoms in total. The first-order valence-electron chi connectivity index (χ1n) is 20.8. The lowest BCUT2D eigenvalue weighted by atomic mass is 9.79. The molecular formula is C41H58O13. The second kappa shape index (κ2) is 14.1. The van der Waals surface area contributed by atoms with Gasteiger partial charge in [0.2, 0.25) is 0 Å². The van der Waals surface area contributed by atoms with Gasteiger partial charge in [-0.1, -0.05) is 27.0 Å². The summed E-state index contributed by atoms with van der Waals surface area (Å²) in [7, 11) is 0. The van der Waals surface area contributed by atoms with Crippen LogP contribution in [0.15, 0.2) is 24.3 Å². The predicted octanol–water partition coefficient (Wildman–Crippen LogP) is 3.20. The van der Waals surface area contributed by atoms with Gasteiger partial charge in [0.25, 0.3) is 0 Å². The van der Waals surface area contributed by atoms with Gasteiger partial charge in [-0.25, -0.2) is 0 Å². The lowest BCUT2D eigenvalue weighted by molar-refractivity contribution is -0.293. The van der Waals surface area contributed by atoms with E-state index in [1.807, 2.05) is 6.92 Å². The number of fused-ring (bicyclic) bond motifs is 7. The Morgan fingerprint density at radius 2 is 1.41 bits per heavy atom. The fraction of sp³-hybridized carbons (Fsp3) is 0.878. The number of hydrogen-bond donors (Lipinski definition) is 2. The first kappa shape index (κ1) is 36.8. The maximum Gasteiger partial charge on any atom is 0.308 e. The van der Waals surface area contributed by atoms with Gasteiger partial charge >= 0.3 is 5.97 Å². The zero-order chi connectivity index (χ0) is 37.0. The van der Waals surface area contributed by atoms with E-state index in [9.17, 15) is 15.0 Å². The maximum absolute atomic E-state index is 14.0. The molecule has 11 aliphatic heterocycles. The minimum absolute atomic E-state index is 0.000828. The Labute approximate surface area is 317 Å². The minimum Gasteiger partial charge on any atom is -0.459 e. The molecule has 0 unspecified atom stereocenters. The molecule has 1 spiro atoms. The monoisotopic (exact) mass is 758 g/mol. The molecule has 11 fully saturated rings. The zero-order valence-corrected chi connectivity index (χ0v) is 31.5. The van der Waals surface area contributed by atoms with E-state index in [1.165, 1.54) is 0 Å². The normalized spacial score (nSPS) is 55.7. The second-order valence-electron chi connectivity index (χ2n) is 18.1. The Kier molecular flexibility index (Phi) is 9.62. The summed E-state index contributed by atoms with van der Waals surface area (Å²) in [5.41, 5.74) is 2.13. The van der Waals surface area contributed by atoms with Crippen molar-refractivity contribution in [3.63, 3.8) is 0 Å². The topological polar surface area (TPSA) is 150 Å². The van der Waals surface area contributed by atoms with Gasteiger partial charge in [0.05, 0.1) is 80.2 Å². The van der Waals surface area contributed by atoms with Crippen LogP contribution in [0.4, 0.5) is 0 Å². The van der Waals surface area contributed by atoms with Crippen LogP contribution in [0, 0.1) is 11.8 Å². The Morgan fingerprint density at radius 1 is 0.667 bits per heavy atom. The van der Waals surface area contributed by atoms with Crippen molar-refractivity contribution in [2.45, 2.75) is 207 Å². The average Bonchev–Trinajstić information content (AvgIpc) is 3.73. The van der Waals surface area contributed by atoms with Crippen LogP contribution in [0.25, 0.3) is 0 Å². The number of rotatable bonds is 1. The number of esters is 1. The molecule has 13 heteroatoms. The molecule has 11 saturated heterocycles. The van der Waals surface area contributed by atoms with Crippen LogP contribution in [0.1, 0.15) is 90.9 Å².